The maximum absolute atomic E-state index is 13.3. The van der Waals surface area contributed by atoms with Crippen LogP contribution in [0.3, 0.4) is 0 Å². The number of benzene rings is 2. The number of hydrogen-bond acceptors (Lipinski definition) is 4. The Morgan fingerprint density at radius 3 is 2.07 bits per heavy atom. The van der Waals surface area contributed by atoms with Crippen molar-refractivity contribution < 1.29 is 14.3 Å². The highest BCUT2D eigenvalue weighted by Crippen LogP contribution is 2.17. The lowest BCUT2D eigenvalue weighted by Crippen LogP contribution is -2.56. The normalized spacial score (nSPS) is 15.4. The van der Waals surface area contributed by atoms with Gasteiger partial charge in [0.1, 0.15) is 11.6 Å². The van der Waals surface area contributed by atoms with E-state index >= 15 is 0 Å². The maximum atomic E-state index is 13.3. The minimum absolute atomic E-state index is 0.0718. The number of anilines is 1. The molecule has 0 bridgehead atoms. The summed E-state index contributed by atoms with van der Waals surface area (Å²) in [6.45, 7) is 8.20. The van der Waals surface area contributed by atoms with E-state index in [-0.39, 0.29) is 5.91 Å². The van der Waals surface area contributed by atoms with Crippen LogP contribution in [0.15, 0.2) is 60.7 Å². The Labute approximate surface area is 178 Å². The third-order valence-electron chi connectivity index (χ3n) is 4.98. The molecule has 160 valence electrons. The van der Waals surface area contributed by atoms with Crippen molar-refractivity contribution in [2.75, 3.05) is 31.1 Å². The topological polar surface area (TPSA) is 61.9 Å². The Bertz CT molecular complexity index is 826. The predicted molar refractivity (Wildman–Crippen MR) is 119 cm³/mol. The second kappa shape index (κ2) is 9.65. The van der Waals surface area contributed by atoms with Gasteiger partial charge < -0.3 is 19.9 Å². The van der Waals surface area contributed by atoms with Gasteiger partial charge in [-0.05, 0) is 38.5 Å². The van der Waals surface area contributed by atoms with Crippen molar-refractivity contribution in [3.63, 3.8) is 0 Å². The maximum Gasteiger partial charge on any atom is 0.408 e. The first-order valence-corrected chi connectivity index (χ1v) is 10.4. The molecule has 1 atom stereocenters. The fourth-order valence-corrected chi connectivity index (χ4v) is 3.54. The van der Waals surface area contributed by atoms with Gasteiger partial charge in [0.05, 0.1) is 0 Å². The van der Waals surface area contributed by atoms with E-state index in [4.69, 9.17) is 4.74 Å². The van der Waals surface area contributed by atoms with E-state index in [0.717, 1.165) is 24.3 Å². The lowest BCUT2D eigenvalue weighted by molar-refractivity contribution is -0.133. The molecule has 6 heteroatoms. The Hall–Kier alpha value is -3.02. The standard InChI is InChI=1S/C24H31N3O3/c1-24(2,3)30-23(29)25-21(18-19-10-6-4-7-11-19)22(28)27-16-14-26(15-17-27)20-12-8-5-9-13-20/h4-13,21H,14-18H2,1-3H3,(H,25,29)/t21-/m0/s1. The number of piperazine rings is 1. The Morgan fingerprint density at radius 2 is 1.50 bits per heavy atom. The van der Waals surface area contributed by atoms with Crippen molar-refractivity contribution in [1.82, 2.24) is 10.2 Å². The molecular weight excluding hydrogens is 378 g/mol. The van der Waals surface area contributed by atoms with Gasteiger partial charge in [0.15, 0.2) is 0 Å². The number of nitrogens with zero attached hydrogens (tertiary/aromatic N) is 2. The molecule has 0 radical (unpaired) electrons. The fourth-order valence-electron chi connectivity index (χ4n) is 3.54. The first-order valence-electron chi connectivity index (χ1n) is 10.4. The minimum Gasteiger partial charge on any atom is -0.444 e. The van der Waals surface area contributed by atoms with Crippen LogP contribution in [0.4, 0.5) is 10.5 Å². The quantitative estimate of drug-likeness (QED) is 0.821. The Balaban J connectivity index is 1.66. The molecule has 1 saturated heterocycles. The second-order valence-electron chi connectivity index (χ2n) is 8.54. The Kier molecular flexibility index (Phi) is 6.98. The number of ether oxygens (including phenoxy) is 1. The van der Waals surface area contributed by atoms with Crippen LogP contribution >= 0.6 is 0 Å². The third-order valence-corrected chi connectivity index (χ3v) is 4.98. The average Bonchev–Trinajstić information content (AvgIpc) is 2.73. The van der Waals surface area contributed by atoms with E-state index in [1.54, 1.807) is 0 Å². The summed E-state index contributed by atoms with van der Waals surface area (Å²) in [5.41, 5.74) is 1.54. The lowest BCUT2D eigenvalue weighted by Gasteiger charge is -2.37. The van der Waals surface area contributed by atoms with Gasteiger partial charge in [-0.2, -0.15) is 0 Å². The summed E-state index contributed by atoms with van der Waals surface area (Å²) < 4.78 is 5.39. The molecule has 1 N–H and O–H groups in total. The minimum atomic E-state index is -0.662. The van der Waals surface area contributed by atoms with Crippen molar-refractivity contribution in [3.8, 4) is 0 Å². The second-order valence-corrected chi connectivity index (χ2v) is 8.54. The van der Waals surface area contributed by atoms with E-state index in [1.165, 1.54) is 0 Å². The first-order chi connectivity index (χ1) is 14.3. The smallest absolute Gasteiger partial charge is 0.408 e. The zero-order valence-electron chi connectivity index (χ0n) is 18.0. The van der Waals surface area contributed by atoms with E-state index in [1.807, 2.05) is 74.2 Å². The van der Waals surface area contributed by atoms with Gasteiger partial charge in [-0.15, -0.1) is 0 Å². The number of carbonyl (C=O) groups is 2. The SMILES string of the molecule is CC(C)(C)OC(=O)N[C@@H](Cc1ccccc1)C(=O)N1CCN(c2ccccc2)CC1. The summed E-state index contributed by atoms with van der Waals surface area (Å²) in [6.07, 6.45) is -0.141. The summed E-state index contributed by atoms with van der Waals surface area (Å²) in [5, 5.41) is 2.80. The first kappa shape index (κ1) is 21.7. The van der Waals surface area contributed by atoms with Crippen molar-refractivity contribution in [2.45, 2.75) is 38.8 Å². The van der Waals surface area contributed by atoms with Crippen LogP contribution in [-0.2, 0) is 16.0 Å². The van der Waals surface area contributed by atoms with Gasteiger partial charge in [-0.1, -0.05) is 48.5 Å². The van der Waals surface area contributed by atoms with Crippen LogP contribution in [0.2, 0.25) is 0 Å². The zero-order valence-corrected chi connectivity index (χ0v) is 18.0. The van der Waals surface area contributed by atoms with Crippen LogP contribution in [0, 0.1) is 0 Å². The largest absolute Gasteiger partial charge is 0.444 e. The average molecular weight is 410 g/mol. The molecule has 0 spiro atoms. The van der Waals surface area contributed by atoms with E-state index < -0.39 is 17.7 Å². The molecule has 2 aromatic carbocycles. The van der Waals surface area contributed by atoms with E-state index in [0.29, 0.717) is 19.5 Å². The summed E-state index contributed by atoms with van der Waals surface area (Å²) in [4.78, 5) is 29.8. The van der Waals surface area contributed by atoms with Gasteiger partial charge >= 0.3 is 6.09 Å². The van der Waals surface area contributed by atoms with Crippen LogP contribution in [-0.4, -0.2) is 54.7 Å². The molecule has 0 aliphatic carbocycles. The van der Waals surface area contributed by atoms with E-state index in [2.05, 4.69) is 22.3 Å². The highest BCUT2D eigenvalue weighted by molar-refractivity contribution is 5.86. The van der Waals surface area contributed by atoms with Crippen LogP contribution < -0.4 is 10.2 Å². The predicted octanol–water partition coefficient (Wildman–Crippen LogP) is 3.47. The molecule has 6 nitrogen and oxygen atoms in total. The molecule has 30 heavy (non-hydrogen) atoms. The number of alkyl carbamates (subject to hydrolysis) is 1. The summed E-state index contributed by atoms with van der Waals surface area (Å²) in [5.74, 6) is -0.0718. The van der Waals surface area contributed by atoms with Gasteiger partial charge in [0.25, 0.3) is 0 Å². The van der Waals surface area contributed by atoms with Gasteiger partial charge in [0.2, 0.25) is 5.91 Å². The van der Waals surface area contributed by atoms with Crippen LogP contribution in [0.1, 0.15) is 26.3 Å². The third kappa shape index (κ3) is 6.24. The van der Waals surface area contributed by atoms with Crippen LogP contribution in [0.5, 0.6) is 0 Å². The van der Waals surface area contributed by atoms with Gasteiger partial charge in [-0.3, -0.25) is 4.79 Å². The molecule has 1 fully saturated rings. The molecule has 2 aromatic rings. The number of para-hydroxylation sites is 1. The van der Waals surface area contributed by atoms with Gasteiger partial charge in [0, 0.05) is 38.3 Å². The summed E-state index contributed by atoms with van der Waals surface area (Å²) >= 11 is 0. The molecule has 1 aliphatic heterocycles. The molecule has 1 heterocycles. The molecule has 1 aliphatic rings. The monoisotopic (exact) mass is 409 g/mol. The zero-order chi connectivity index (χ0) is 21.6. The number of rotatable bonds is 5. The number of carbonyl (C=O) groups excluding carboxylic acids is 2. The highest BCUT2D eigenvalue weighted by atomic mass is 16.6. The Morgan fingerprint density at radius 1 is 0.933 bits per heavy atom. The fraction of sp³-hybridized carbons (Fsp3) is 0.417. The lowest BCUT2D eigenvalue weighted by atomic mass is 10.0. The molecule has 3 rings (SSSR count). The van der Waals surface area contributed by atoms with Crippen molar-refractivity contribution in [3.05, 3.63) is 66.2 Å². The molecule has 2 amide bonds. The molecule has 0 saturated carbocycles. The summed E-state index contributed by atoms with van der Waals surface area (Å²) in [7, 11) is 0. The molecule has 0 aromatic heterocycles. The van der Waals surface area contributed by atoms with Gasteiger partial charge in [-0.25, -0.2) is 4.79 Å². The van der Waals surface area contributed by atoms with Crippen molar-refractivity contribution >= 4 is 17.7 Å². The highest BCUT2D eigenvalue weighted by Gasteiger charge is 2.30. The molecule has 0 unspecified atom stereocenters. The van der Waals surface area contributed by atoms with Crippen LogP contribution in [0.25, 0.3) is 0 Å². The van der Waals surface area contributed by atoms with Crippen molar-refractivity contribution in [2.24, 2.45) is 0 Å². The summed E-state index contributed by atoms with van der Waals surface area (Å²) in [6, 6.07) is 19.3. The number of hydrogen-bond donors (Lipinski definition) is 1. The molecular formula is C24H31N3O3. The number of nitrogens with one attached hydrogen (secondary N) is 1. The number of amides is 2. The van der Waals surface area contributed by atoms with Crippen molar-refractivity contribution in [1.29, 1.82) is 0 Å². The van der Waals surface area contributed by atoms with E-state index in [9.17, 15) is 9.59 Å².